The summed E-state index contributed by atoms with van der Waals surface area (Å²) in [4.78, 5) is 24.8. The number of nitro benzene ring substituents is 1. The van der Waals surface area contributed by atoms with E-state index in [1.54, 1.807) is 24.9 Å². The summed E-state index contributed by atoms with van der Waals surface area (Å²) in [5.41, 5.74) is 6.86. The van der Waals surface area contributed by atoms with E-state index in [2.05, 4.69) is 0 Å². The van der Waals surface area contributed by atoms with Crippen LogP contribution < -0.4 is 5.73 Å². The van der Waals surface area contributed by atoms with Crippen molar-refractivity contribution in [3.05, 3.63) is 39.4 Å². The topological polar surface area (TPSA) is 89.5 Å². The minimum atomic E-state index is -0.478. The van der Waals surface area contributed by atoms with Crippen molar-refractivity contribution in [2.45, 2.75) is 32.2 Å². The Balaban J connectivity index is 2.27. The van der Waals surface area contributed by atoms with Gasteiger partial charge in [-0.05, 0) is 37.8 Å². The van der Waals surface area contributed by atoms with Crippen LogP contribution in [0, 0.1) is 23.0 Å². The Labute approximate surface area is 124 Å². The molecule has 1 aliphatic carbocycles. The molecule has 0 spiro atoms. The predicted molar refractivity (Wildman–Crippen MR) is 80.1 cm³/mol. The maximum Gasteiger partial charge on any atom is 0.270 e. The zero-order chi connectivity index (χ0) is 15.6. The van der Waals surface area contributed by atoms with E-state index in [0.29, 0.717) is 18.0 Å². The molecule has 1 aliphatic rings. The van der Waals surface area contributed by atoms with Gasteiger partial charge in [0.05, 0.1) is 4.92 Å². The average Bonchev–Trinajstić information content (AvgIpc) is 2.94. The molecular weight excluding hydrogens is 270 g/mol. The fraction of sp³-hybridized carbons (Fsp3) is 0.533. The quantitative estimate of drug-likeness (QED) is 0.679. The fourth-order valence-electron chi connectivity index (χ4n) is 3.10. The first-order valence-electron chi connectivity index (χ1n) is 7.18. The van der Waals surface area contributed by atoms with Gasteiger partial charge in [0.2, 0.25) is 0 Å². The van der Waals surface area contributed by atoms with Crippen LogP contribution in [-0.4, -0.2) is 35.4 Å². The molecule has 6 nitrogen and oxygen atoms in total. The molecule has 6 heteroatoms. The molecule has 114 valence electrons. The van der Waals surface area contributed by atoms with Gasteiger partial charge in [-0.1, -0.05) is 12.5 Å². The van der Waals surface area contributed by atoms with Crippen molar-refractivity contribution in [3.63, 3.8) is 0 Å². The molecule has 0 aromatic heterocycles. The molecule has 0 aliphatic heterocycles. The Bertz CT molecular complexity index is 559. The molecular formula is C15H21N3O3. The second kappa shape index (κ2) is 6.22. The molecule has 0 radical (unpaired) electrons. The summed E-state index contributed by atoms with van der Waals surface area (Å²) in [5.74, 6) is 0.152. The highest BCUT2D eigenvalue weighted by Gasteiger charge is 2.32. The number of nitrogens with two attached hydrogens (primary N) is 1. The smallest absolute Gasteiger partial charge is 0.270 e. The molecule has 0 saturated heterocycles. The average molecular weight is 291 g/mol. The van der Waals surface area contributed by atoms with Crippen LogP contribution in [0.4, 0.5) is 5.69 Å². The van der Waals surface area contributed by atoms with Crippen LogP contribution in [0.2, 0.25) is 0 Å². The first-order chi connectivity index (χ1) is 9.95. The van der Waals surface area contributed by atoms with Crippen LogP contribution >= 0.6 is 0 Å². The lowest BCUT2D eigenvalue weighted by atomic mass is 10.0. The number of nitro groups is 1. The number of non-ortho nitro benzene ring substituents is 1. The van der Waals surface area contributed by atoms with Gasteiger partial charge in [0.1, 0.15) is 0 Å². The number of carbonyl (C=O) groups excluding carboxylic acids is 1. The summed E-state index contributed by atoms with van der Waals surface area (Å²) >= 11 is 0. The third kappa shape index (κ3) is 3.05. The van der Waals surface area contributed by atoms with E-state index in [4.69, 9.17) is 5.73 Å². The van der Waals surface area contributed by atoms with Crippen LogP contribution in [-0.2, 0) is 0 Å². The minimum absolute atomic E-state index is 0.0563. The van der Waals surface area contributed by atoms with E-state index in [1.807, 2.05) is 0 Å². The van der Waals surface area contributed by atoms with Crippen molar-refractivity contribution in [3.8, 4) is 0 Å². The lowest BCUT2D eigenvalue weighted by Gasteiger charge is -2.29. The summed E-state index contributed by atoms with van der Waals surface area (Å²) in [5, 5.41) is 10.9. The van der Waals surface area contributed by atoms with Gasteiger partial charge < -0.3 is 10.6 Å². The first kappa shape index (κ1) is 15.4. The lowest BCUT2D eigenvalue weighted by molar-refractivity contribution is -0.384. The normalized spacial score (nSPS) is 21.3. The van der Waals surface area contributed by atoms with Gasteiger partial charge in [0.15, 0.2) is 0 Å². The number of benzene rings is 1. The first-order valence-corrected chi connectivity index (χ1v) is 7.18. The van der Waals surface area contributed by atoms with Crippen molar-refractivity contribution in [1.82, 2.24) is 4.90 Å². The maximum atomic E-state index is 12.7. The highest BCUT2D eigenvalue weighted by molar-refractivity contribution is 5.96. The Morgan fingerprint density at radius 2 is 2.19 bits per heavy atom. The Morgan fingerprint density at radius 1 is 1.48 bits per heavy atom. The number of aryl methyl sites for hydroxylation is 1. The van der Waals surface area contributed by atoms with Crippen molar-refractivity contribution in [1.29, 1.82) is 0 Å². The van der Waals surface area contributed by atoms with Gasteiger partial charge in [-0.15, -0.1) is 0 Å². The Morgan fingerprint density at radius 3 is 2.81 bits per heavy atom. The largest absolute Gasteiger partial charge is 0.338 e. The van der Waals surface area contributed by atoms with Crippen LogP contribution in [0.25, 0.3) is 0 Å². The molecule has 2 atom stereocenters. The molecule has 2 rings (SSSR count). The second-order valence-corrected chi connectivity index (χ2v) is 5.67. The standard InChI is InChI=1S/C15H21N3O3/c1-10-6-7-12(18(20)21)8-13(10)15(19)17(2)14-5-3-4-11(14)9-16/h6-8,11,14H,3-5,9,16H2,1-2H3. The number of carbonyl (C=O) groups is 1. The van der Waals surface area contributed by atoms with E-state index in [0.717, 1.165) is 24.8 Å². The molecule has 0 bridgehead atoms. The molecule has 1 aromatic carbocycles. The molecule has 21 heavy (non-hydrogen) atoms. The lowest BCUT2D eigenvalue weighted by Crippen LogP contribution is -2.41. The molecule has 1 saturated carbocycles. The van der Waals surface area contributed by atoms with Gasteiger partial charge in [-0.2, -0.15) is 0 Å². The SMILES string of the molecule is Cc1ccc([N+](=O)[O-])cc1C(=O)N(C)C1CCCC1CN. The minimum Gasteiger partial charge on any atom is -0.338 e. The summed E-state index contributed by atoms with van der Waals surface area (Å²) < 4.78 is 0. The monoisotopic (exact) mass is 291 g/mol. The van der Waals surface area contributed by atoms with Crippen molar-refractivity contribution in [2.75, 3.05) is 13.6 Å². The predicted octanol–water partition coefficient (Wildman–Crippen LogP) is 2.10. The molecule has 2 unspecified atom stereocenters. The number of hydrogen-bond acceptors (Lipinski definition) is 4. The van der Waals surface area contributed by atoms with Crippen LogP contribution in [0.1, 0.15) is 35.2 Å². The Kier molecular flexibility index (Phi) is 4.57. The number of amides is 1. The molecule has 2 N–H and O–H groups in total. The maximum absolute atomic E-state index is 12.7. The third-order valence-corrected chi connectivity index (χ3v) is 4.40. The molecule has 1 fully saturated rings. The zero-order valence-corrected chi connectivity index (χ0v) is 12.4. The zero-order valence-electron chi connectivity index (χ0n) is 12.4. The van der Waals surface area contributed by atoms with Crippen LogP contribution in [0.15, 0.2) is 18.2 Å². The highest BCUT2D eigenvalue weighted by atomic mass is 16.6. The number of rotatable bonds is 4. The van der Waals surface area contributed by atoms with Crippen molar-refractivity contribution < 1.29 is 9.72 Å². The third-order valence-electron chi connectivity index (χ3n) is 4.40. The van der Waals surface area contributed by atoms with E-state index < -0.39 is 4.92 Å². The van der Waals surface area contributed by atoms with Crippen LogP contribution in [0.5, 0.6) is 0 Å². The molecule has 1 amide bonds. The van der Waals surface area contributed by atoms with Crippen molar-refractivity contribution in [2.24, 2.45) is 11.7 Å². The fourth-order valence-corrected chi connectivity index (χ4v) is 3.10. The molecule has 1 aromatic rings. The summed E-state index contributed by atoms with van der Waals surface area (Å²) in [7, 11) is 1.76. The van der Waals surface area contributed by atoms with E-state index in [9.17, 15) is 14.9 Å². The van der Waals surface area contributed by atoms with Gasteiger partial charge >= 0.3 is 0 Å². The highest BCUT2D eigenvalue weighted by Crippen LogP contribution is 2.30. The van der Waals surface area contributed by atoms with E-state index >= 15 is 0 Å². The van der Waals surface area contributed by atoms with Gasteiger partial charge in [0, 0.05) is 30.8 Å². The summed E-state index contributed by atoms with van der Waals surface area (Å²) in [6.45, 7) is 2.36. The Hall–Kier alpha value is -1.95. The second-order valence-electron chi connectivity index (χ2n) is 5.67. The van der Waals surface area contributed by atoms with Crippen LogP contribution in [0.3, 0.4) is 0 Å². The number of hydrogen-bond donors (Lipinski definition) is 1. The molecule has 0 heterocycles. The summed E-state index contributed by atoms with van der Waals surface area (Å²) in [6.07, 6.45) is 3.04. The van der Waals surface area contributed by atoms with Gasteiger partial charge in [0.25, 0.3) is 11.6 Å². The van der Waals surface area contributed by atoms with Gasteiger partial charge in [-0.3, -0.25) is 14.9 Å². The van der Waals surface area contributed by atoms with Crippen molar-refractivity contribution >= 4 is 11.6 Å². The van der Waals surface area contributed by atoms with Gasteiger partial charge in [-0.25, -0.2) is 0 Å². The summed E-state index contributed by atoms with van der Waals surface area (Å²) in [6, 6.07) is 4.53. The van der Waals surface area contributed by atoms with E-state index in [1.165, 1.54) is 12.1 Å². The number of nitrogens with zero attached hydrogens (tertiary/aromatic N) is 2. The van der Waals surface area contributed by atoms with E-state index in [-0.39, 0.29) is 17.6 Å².